The van der Waals surface area contributed by atoms with Crippen molar-refractivity contribution in [3.8, 4) is 0 Å². The smallest absolute Gasteiger partial charge is 0.0975 e. The zero-order valence-corrected chi connectivity index (χ0v) is 14.0. The van der Waals surface area contributed by atoms with Crippen LogP contribution in [0.15, 0.2) is 27.6 Å². The molecule has 1 aliphatic heterocycles. The zero-order chi connectivity index (χ0) is 13.3. The maximum atomic E-state index is 12.2. The van der Waals surface area contributed by atoms with Gasteiger partial charge in [-0.3, -0.25) is 0 Å². The number of rotatable bonds is 2. The monoisotopic (exact) mass is 347 g/mol. The molecule has 2 rings (SSSR count). The normalized spacial score (nSPS) is 21.4. The highest BCUT2D eigenvalue weighted by Crippen LogP contribution is 2.38. The van der Waals surface area contributed by atoms with Crippen molar-refractivity contribution in [3.63, 3.8) is 0 Å². The summed E-state index contributed by atoms with van der Waals surface area (Å²) in [5.41, 5.74) is 1.26. The highest BCUT2D eigenvalue weighted by molar-refractivity contribution is 9.10. The molecule has 5 heteroatoms. The van der Waals surface area contributed by atoms with Gasteiger partial charge in [-0.15, -0.1) is 11.8 Å². The van der Waals surface area contributed by atoms with Gasteiger partial charge in [0.15, 0.2) is 0 Å². The van der Waals surface area contributed by atoms with Gasteiger partial charge in [0.1, 0.15) is 0 Å². The molecule has 1 N–H and O–H groups in total. The van der Waals surface area contributed by atoms with Gasteiger partial charge in [0.25, 0.3) is 0 Å². The summed E-state index contributed by atoms with van der Waals surface area (Å²) in [6.45, 7) is 5.99. The Labute approximate surface area is 124 Å². The molecule has 1 aromatic carbocycles. The molecule has 0 radical (unpaired) electrons. The molecular weight excluding hydrogens is 330 g/mol. The van der Waals surface area contributed by atoms with Crippen molar-refractivity contribution in [2.24, 2.45) is 0 Å². The number of benzene rings is 1. The molecule has 1 heterocycles. The summed E-state index contributed by atoms with van der Waals surface area (Å²) in [4.78, 5) is 1.30. The van der Waals surface area contributed by atoms with Crippen LogP contribution >= 0.6 is 27.7 Å². The zero-order valence-electron chi connectivity index (χ0n) is 10.8. The van der Waals surface area contributed by atoms with Gasteiger partial charge in [-0.2, -0.15) is 0 Å². The minimum absolute atomic E-state index is 0.193. The van der Waals surface area contributed by atoms with Gasteiger partial charge in [-0.05, 0) is 56.7 Å². The third-order valence-corrected chi connectivity index (χ3v) is 6.04. The molecule has 0 saturated heterocycles. The molecule has 0 saturated carbocycles. The first-order valence-electron chi connectivity index (χ1n) is 5.98. The summed E-state index contributed by atoms with van der Waals surface area (Å²) in [5.74, 6) is 1.08. The molecule has 1 aromatic rings. The second-order valence-corrected chi connectivity index (χ2v) is 9.42. The summed E-state index contributed by atoms with van der Waals surface area (Å²) in [6.07, 6.45) is 1.02. The summed E-state index contributed by atoms with van der Waals surface area (Å²) in [6, 6.07) is 6.53. The summed E-state index contributed by atoms with van der Waals surface area (Å²) >= 11 is 5.39. The van der Waals surface area contributed by atoms with Crippen molar-refractivity contribution in [1.82, 2.24) is 4.72 Å². The fraction of sp³-hybridized carbons (Fsp3) is 0.538. The standard InChI is InChI=1S/C13H18BrNOS2/c1-13(2,3)18(16)15-11-6-7-17-12-5-4-9(14)8-10(11)12/h4-5,8,11,15H,6-7H2,1-3H3/t11-,18-/m1/s1. The van der Waals surface area contributed by atoms with Crippen LogP contribution < -0.4 is 4.72 Å². The van der Waals surface area contributed by atoms with E-state index >= 15 is 0 Å². The van der Waals surface area contributed by atoms with Gasteiger partial charge in [0, 0.05) is 15.4 Å². The molecular formula is C13H18BrNOS2. The molecule has 0 fully saturated rings. The fourth-order valence-electron chi connectivity index (χ4n) is 1.79. The predicted octanol–water partition coefficient (Wildman–Crippen LogP) is 4.04. The first-order chi connectivity index (χ1) is 8.38. The average Bonchev–Trinajstić information content (AvgIpc) is 2.28. The molecule has 2 atom stereocenters. The number of halogens is 1. The average molecular weight is 348 g/mol. The van der Waals surface area contributed by atoms with E-state index in [9.17, 15) is 4.21 Å². The lowest BCUT2D eigenvalue weighted by atomic mass is 10.1. The molecule has 0 spiro atoms. The molecule has 0 bridgehead atoms. The van der Waals surface area contributed by atoms with E-state index in [1.165, 1.54) is 10.5 Å². The minimum Gasteiger partial charge on any atom is -0.242 e. The highest BCUT2D eigenvalue weighted by atomic mass is 79.9. The van der Waals surface area contributed by atoms with Gasteiger partial charge < -0.3 is 0 Å². The Morgan fingerprint density at radius 3 is 2.83 bits per heavy atom. The van der Waals surface area contributed by atoms with Crippen molar-refractivity contribution in [2.75, 3.05) is 5.75 Å². The van der Waals surface area contributed by atoms with E-state index in [1.807, 2.05) is 32.5 Å². The van der Waals surface area contributed by atoms with E-state index in [2.05, 4.69) is 38.9 Å². The van der Waals surface area contributed by atoms with Crippen molar-refractivity contribution in [2.45, 2.75) is 42.9 Å². The van der Waals surface area contributed by atoms with Crippen LogP contribution in [0.25, 0.3) is 0 Å². The molecule has 0 unspecified atom stereocenters. The van der Waals surface area contributed by atoms with Crippen molar-refractivity contribution in [1.29, 1.82) is 0 Å². The Morgan fingerprint density at radius 1 is 1.44 bits per heavy atom. The first-order valence-corrected chi connectivity index (χ1v) is 8.91. The number of fused-ring (bicyclic) bond motifs is 1. The lowest BCUT2D eigenvalue weighted by Crippen LogP contribution is -2.36. The van der Waals surface area contributed by atoms with E-state index < -0.39 is 11.0 Å². The van der Waals surface area contributed by atoms with E-state index in [0.29, 0.717) is 0 Å². The van der Waals surface area contributed by atoms with Crippen molar-refractivity contribution >= 4 is 38.7 Å². The SMILES string of the molecule is CC(C)(C)[S@@](=O)N[C@@H]1CCSc2ccc(Br)cc21. The van der Waals surface area contributed by atoms with Crippen LogP contribution in [0.3, 0.4) is 0 Å². The van der Waals surface area contributed by atoms with Crippen LogP contribution in [0.4, 0.5) is 0 Å². The molecule has 0 aliphatic carbocycles. The Morgan fingerprint density at radius 2 is 2.17 bits per heavy atom. The fourth-order valence-corrected chi connectivity index (χ4v) is 4.13. The lowest BCUT2D eigenvalue weighted by Gasteiger charge is -2.28. The van der Waals surface area contributed by atoms with Crippen molar-refractivity contribution < 1.29 is 4.21 Å². The van der Waals surface area contributed by atoms with E-state index in [-0.39, 0.29) is 10.8 Å². The second-order valence-electron chi connectivity index (χ2n) is 5.37. The third kappa shape index (κ3) is 3.38. The predicted molar refractivity (Wildman–Crippen MR) is 83.3 cm³/mol. The number of nitrogens with one attached hydrogen (secondary N) is 1. The van der Waals surface area contributed by atoms with Gasteiger partial charge >= 0.3 is 0 Å². The molecule has 2 nitrogen and oxygen atoms in total. The lowest BCUT2D eigenvalue weighted by molar-refractivity contribution is 0.582. The summed E-state index contributed by atoms with van der Waals surface area (Å²) in [5, 5.41) is 0. The number of hydrogen-bond acceptors (Lipinski definition) is 2. The second kappa shape index (κ2) is 5.65. The summed E-state index contributed by atoms with van der Waals surface area (Å²) < 4.78 is 16.3. The molecule has 100 valence electrons. The van der Waals surface area contributed by atoms with Crippen molar-refractivity contribution in [3.05, 3.63) is 28.2 Å². The number of thioether (sulfide) groups is 1. The van der Waals surface area contributed by atoms with Crippen LogP contribution in [0.2, 0.25) is 0 Å². The largest absolute Gasteiger partial charge is 0.242 e. The Balaban J connectivity index is 2.22. The molecule has 0 amide bonds. The quantitative estimate of drug-likeness (QED) is 0.874. The van der Waals surface area contributed by atoms with Gasteiger partial charge in [0.05, 0.1) is 15.7 Å². The maximum Gasteiger partial charge on any atom is 0.0975 e. The van der Waals surface area contributed by atoms with Crippen LogP contribution in [0.1, 0.15) is 38.8 Å². The highest BCUT2D eigenvalue weighted by Gasteiger charge is 2.27. The first kappa shape index (κ1) is 14.6. The Hall–Kier alpha value is 0.160. The van der Waals surface area contributed by atoms with Crippen LogP contribution in [0.5, 0.6) is 0 Å². The minimum atomic E-state index is -1.02. The Bertz CT molecular complexity index is 471. The van der Waals surface area contributed by atoms with E-state index in [0.717, 1.165) is 16.6 Å². The van der Waals surface area contributed by atoms with E-state index in [4.69, 9.17) is 0 Å². The van der Waals surface area contributed by atoms with E-state index in [1.54, 1.807) is 0 Å². The van der Waals surface area contributed by atoms with Crippen LogP contribution in [-0.2, 0) is 11.0 Å². The van der Waals surface area contributed by atoms with Crippen LogP contribution in [0, 0.1) is 0 Å². The Kier molecular flexibility index (Phi) is 4.57. The maximum absolute atomic E-state index is 12.2. The molecule has 1 aliphatic rings. The van der Waals surface area contributed by atoms with Gasteiger partial charge in [-0.1, -0.05) is 15.9 Å². The van der Waals surface area contributed by atoms with Crippen LogP contribution in [-0.4, -0.2) is 14.7 Å². The van der Waals surface area contributed by atoms with Gasteiger partial charge in [-0.25, -0.2) is 8.93 Å². The molecule has 18 heavy (non-hydrogen) atoms. The third-order valence-electron chi connectivity index (χ3n) is 2.82. The summed E-state index contributed by atoms with van der Waals surface area (Å²) in [7, 11) is -1.02. The number of hydrogen-bond donors (Lipinski definition) is 1. The molecule has 0 aromatic heterocycles. The van der Waals surface area contributed by atoms with Gasteiger partial charge in [0.2, 0.25) is 0 Å². The topological polar surface area (TPSA) is 29.1 Å².